The number of benzene rings is 1. The van der Waals surface area contributed by atoms with Crippen molar-refractivity contribution in [1.29, 1.82) is 0 Å². The van der Waals surface area contributed by atoms with Crippen molar-refractivity contribution in [3.8, 4) is 0 Å². The van der Waals surface area contributed by atoms with Crippen molar-refractivity contribution in [2.45, 2.75) is 32.2 Å². The Labute approximate surface area is 106 Å². The largest absolute Gasteiger partial charge is 0.384 e. The van der Waals surface area contributed by atoms with E-state index in [9.17, 15) is 0 Å². The summed E-state index contributed by atoms with van der Waals surface area (Å²) in [6.07, 6.45) is 3.87. The van der Waals surface area contributed by atoms with Crippen LogP contribution in [-0.2, 0) is 0 Å². The van der Waals surface area contributed by atoms with Gasteiger partial charge in [0.1, 0.15) is 0 Å². The Bertz CT molecular complexity index is 346. The van der Waals surface area contributed by atoms with Gasteiger partial charge in [-0.15, -0.1) is 0 Å². The van der Waals surface area contributed by atoms with E-state index in [4.69, 9.17) is 0 Å². The molecule has 1 saturated heterocycles. The molecule has 0 spiro atoms. The molecule has 1 aromatic rings. The van der Waals surface area contributed by atoms with Crippen molar-refractivity contribution in [3.05, 3.63) is 28.2 Å². The van der Waals surface area contributed by atoms with Crippen molar-refractivity contribution in [2.24, 2.45) is 0 Å². The number of anilines is 1. The molecule has 0 bridgehead atoms. The van der Waals surface area contributed by atoms with E-state index in [2.05, 4.69) is 51.7 Å². The predicted octanol–water partition coefficient (Wildman–Crippen LogP) is 3.31. The molecule has 3 heteroatoms. The summed E-state index contributed by atoms with van der Waals surface area (Å²) < 4.78 is 1.16. The van der Waals surface area contributed by atoms with Gasteiger partial charge in [0.15, 0.2) is 0 Å². The van der Waals surface area contributed by atoms with Crippen LogP contribution >= 0.6 is 15.9 Å². The number of hydrogen-bond donors (Lipinski definition) is 2. The van der Waals surface area contributed by atoms with Gasteiger partial charge in [0.25, 0.3) is 0 Å². The number of aryl methyl sites for hydroxylation is 1. The van der Waals surface area contributed by atoms with Crippen LogP contribution in [0.3, 0.4) is 0 Å². The van der Waals surface area contributed by atoms with Gasteiger partial charge in [0.05, 0.1) is 0 Å². The predicted molar refractivity (Wildman–Crippen MR) is 73.0 cm³/mol. The third-order valence-corrected chi connectivity index (χ3v) is 3.75. The van der Waals surface area contributed by atoms with E-state index in [1.165, 1.54) is 37.1 Å². The summed E-state index contributed by atoms with van der Waals surface area (Å²) in [6.45, 7) is 4.34. The van der Waals surface area contributed by atoms with Gasteiger partial charge in [-0.05, 0) is 66.4 Å². The molecule has 0 amide bonds. The highest BCUT2D eigenvalue weighted by Gasteiger charge is 2.12. The fourth-order valence-electron chi connectivity index (χ4n) is 2.15. The molecule has 16 heavy (non-hydrogen) atoms. The molecule has 2 nitrogen and oxygen atoms in total. The van der Waals surface area contributed by atoms with Gasteiger partial charge in [0, 0.05) is 22.7 Å². The van der Waals surface area contributed by atoms with E-state index < -0.39 is 0 Å². The zero-order chi connectivity index (χ0) is 11.4. The Kier molecular flexibility index (Phi) is 4.24. The van der Waals surface area contributed by atoms with Gasteiger partial charge in [-0.2, -0.15) is 0 Å². The molecule has 88 valence electrons. The lowest BCUT2D eigenvalue weighted by Gasteiger charge is -2.12. The summed E-state index contributed by atoms with van der Waals surface area (Å²) in [7, 11) is 0. The molecule has 0 radical (unpaired) electrons. The monoisotopic (exact) mass is 282 g/mol. The smallest absolute Gasteiger partial charge is 0.0484 e. The van der Waals surface area contributed by atoms with E-state index >= 15 is 0 Å². The minimum atomic E-state index is 0.719. The van der Waals surface area contributed by atoms with Gasteiger partial charge in [0.2, 0.25) is 0 Å². The van der Waals surface area contributed by atoms with E-state index in [-0.39, 0.29) is 0 Å². The van der Waals surface area contributed by atoms with Crippen molar-refractivity contribution in [3.63, 3.8) is 0 Å². The minimum Gasteiger partial charge on any atom is -0.384 e. The van der Waals surface area contributed by atoms with Crippen LogP contribution in [-0.4, -0.2) is 19.1 Å². The topological polar surface area (TPSA) is 24.1 Å². The first kappa shape index (κ1) is 11.9. The molecule has 1 atom stereocenters. The minimum absolute atomic E-state index is 0.719. The number of nitrogens with one attached hydrogen (secondary N) is 2. The van der Waals surface area contributed by atoms with Gasteiger partial charge >= 0.3 is 0 Å². The summed E-state index contributed by atoms with van der Waals surface area (Å²) in [5, 5.41) is 7.00. The lowest BCUT2D eigenvalue weighted by Crippen LogP contribution is -2.24. The fourth-order valence-corrected chi connectivity index (χ4v) is 2.78. The molecule has 1 fully saturated rings. The third-order valence-electron chi connectivity index (χ3n) is 3.10. The first-order valence-electron chi connectivity index (χ1n) is 5.99. The molecule has 0 aliphatic carbocycles. The Hall–Kier alpha value is -0.540. The van der Waals surface area contributed by atoms with E-state index in [0.717, 1.165) is 17.1 Å². The third kappa shape index (κ3) is 3.22. The molecule has 0 saturated carbocycles. The second-order valence-corrected chi connectivity index (χ2v) is 5.35. The van der Waals surface area contributed by atoms with Crippen LogP contribution in [0.1, 0.15) is 24.8 Å². The molecule has 1 aromatic carbocycles. The van der Waals surface area contributed by atoms with Crippen molar-refractivity contribution in [2.75, 3.05) is 18.4 Å². The Morgan fingerprint density at radius 3 is 3.06 bits per heavy atom. The summed E-state index contributed by atoms with van der Waals surface area (Å²) in [5.41, 5.74) is 2.48. The maximum absolute atomic E-state index is 3.58. The van der Waals surface area contributed by atoms with E-state index in [1.54, 1.807) is 0 Å². The highest BCUT2D eigenvalue weighted by molar-refractivity contribution is 9.10. The van der Waals surface area contributed by atoms with Crippen LogP contribution in [0, 0.1) is 6.92 Å². The average molecular weight is 283 g/mol. The molecule has 2 N–H and O–H groups in total. The highest BCUT2D eigenvalue weighted by atomic mass is 79.9. The summed E-state index contributed by atoms with van der Waals surface area (Å²) >= 11 is 3.58. The molecular weight excluding hydrogens is 264 g/mol. The second-order valence-electron chi connectivity index (χ2n) is 4.49. The Morgan fingerprint density at radius 1 is 1.50 bits per heavy atom. The second kappa shape index (κ2) is 5.69. The van der Waals surface area contributed by atoms with Crippen molar-refractivity contribution < 1.29 is 0 Å². The number of halogens is 1. The van der Waals surface area contributed by atoms with Crippen LogP contribution in [0.15, 0.2) is 22.7 Å². The normalized spacial score (nSPS) is 20.0. The zero-order valence-electron chi connectivity index (χ0n) is 9.72. The van der Waals surface area contributed by atoms with Crippen LogP contribution in [0.4, 0.5) is 5.69 Å². The number of hydrogen-bond acceptors (Lipinski definition) is 2. The number of rotatable bonds is 4. The average Bonchev–Trinajstić information content (AvgIpc) is 2.74. The van der Waals surface area contributed by atoms with E-state index in [1.807, 2.05) is 0 Å². The first-order chi connectivity index (χ1) is 7.75. The van der Waals surface area contributed by atoms with Crippen LogP contribution in [0.25, 0.3) is 0 Å². The highest BCUT2D eigenvalue weighted by Crippen LogP contribution is 2.23. The Balaban J connectivity index is 1.80. The zero-order valence-corrected chi connectivity index (χ0v) is 11.3. The molecule has 2 rings (SSSR count). The summed E-state index contributed by atoms with van der Waals surface area (Å²) in [4.78, 5) is 0. The standard InChI is InChI=1S/C13H19BrN2/c1-10-4-5-13(12(14)9-10)16-8-6-11-3-2-7-15-11/h4-5,9,11,15-16H,2-3,6-8H2,1H3. The summed E-state index contributed by atoms with van der Waals surface area (Å²) in [5.74, 6) is 0. The van der Waals surface area contributed by atoms with Crippen molar-refractivity contribution in [1.82, 2.24) is 5.32 Å². The molecule has 1 aliphatic rings. The quantitative estimate of drug-likeness (QED) is 0.886. The van der Waals surface area contributed by atoms with Crippen LogP contribution < -0.4 is 10.6 Å². The van der Waals surface area contributed by atoms with Crippen molar-refractivity contribution >= 4 is 21.6 Å². The Morgan fingerprint density at radius 2 is 2.38 bits per heavy atom. The lowest BCUT2D eigenvalue weighted by atomic mass is 10.1. The van der Waals surface area contributed by atoms with Crippen LogP contribution in [0.2, 0.25) is 0 Å². The molecule has 0 aromatic heterocycles. The van der Waals surface area contributed by atoms with Gasteiger partial charge < -0.3 is 10.6 Å². The SMILES string of the molecule is Cc1ccc(NCCC2CCCN2)c(Br)c1. The van der Waals surface area contributed by atoms with E-state index in [0.29, 0.717) is 0 Å². The molecule has 1 heterocycles. The molecule has 1 unspecified atom stereocenters. The van der Waals surface area contributed by atoms with Gasteiger partial charge in [-0.25, -0.2) is 0 Å². The molecule has 1 aliphatic heterocycles. The lowest BCUT2D eigenvalue weighted by molar-refractivity contribution is 0.574. The van der Waals surface area contributed by atoms with Crippen LogP contribution in [0.5, 0.6) is 0 Å². The maximum atomic E-state index is 3.58. The van der Waals surface area contributed by atoms with Gasteiger partial charge in [-0.3, -0.25) is 0 Å². The fraction of sp³-hybridized carbons (Fsp3) is 0.538. The molecular formula is C13H19BrN2. The summed E-state index contributed by atoms with van der Waals surface area (Å²) in [6, 6.07) is 7.15. The first-order valence-corrected chi connectivity index (χ1v) is 6.78. The maximum Gasteiger partial charge on any atom is 0.0484 e. The van der Waals surface area contributed by atoms with Gasteiger partial charge in [-0.1, -0.05) is 6.07 Å².